The maximum atomic E-state index is 11.5. The van der Waals surface area contributed by atoms with Gasteiger partial charge in [0, 0.05) is 19.2 Å². The van der Waals surface area contributed by atoms with Gasteiger partial charge in [0.15, 0.2) is 0 Å². The van der Waals surface area contributed by atoms with E-state index in [-0.39, 0.29) is 5.97 Å². The van der Waals surface area contributed by atoms with Crippen LogP contribution in [0.2, 0.25) is 0 Å². The Labute approximate surface area is 108 Å². The number of ether oxygens (including phenoxy) is 1. The summed E-state index contributed by atoms with van der Waals surface area (Å²) in [5.74, 6) is 0.424. The summed E-state index contributed by atoms with van der Waals surface area (Å²) in [7, 11) is 1.62. The van der Waals surface area contributed by atoms with Crippen LogP contribution >= 0.6 is 0 Å². The van der Waals surface area contributed by atoms with E-state index in [9.17, 15) is 4.79 Å². The Morgan fingerprint density at radius 3 is 2.33 bits per heavy atom. The highest BCUT2D eigenvalue weighted by atomic mass is 16.7. The third kappa shape index (κ3) is 4.59. The average molecular weight is 249 g/mol. The molecule has 0 atom stereocenters. The minimum atomic E-state index is -0.366. The van der Waals surface area contributed by atoms with Gasteiger partial charge in [-0.15, -0.1) is 5.06 Å². The zero-order chi connectivity index (χ0) is 13.4. The minimum Gasteiger partial charge on any atom is -0.497 e. The van der Waals surface area contributed by atoms with E-state index in [1.54, 1.807) is 18.2 Å². The second-order valence-electron chi connectivity index (χ2n) is 3.63. The fourth-order valence-electron chi connectivity index (χ4n) is 1.39. The van der Waals surface area contributed by atoms with Crippen molar-refractivity contribution in [3.05, 3.63) is 35.9 Å². The number of carbonyl (C=O) groups is 1. The zero-order valence-electron chi connectivity index (χ0n) is 11.1. The van der Waals surface area contributed by atoms with Crippen LogP contribution in [0.25, 0.3) is 6.08 Å². The highest BCUT2D eigenvalue weighted by molar-refractivity contribution is 5.86. The highest BCUT2D eigenvalue weighted by Crippen LogP contribution is 2.12. The molecule has 98 valence electrons. The molecule has 0 fully saturated rings. The SMILES string of the molecule is CCN(CC)OC(=O)/C=C/c1ccc(OC)cc1. The van der Waals surface area contributed by atoms with Crippen LogP contribution in [0.15, 0.2) is 30.3 Å². The van der Waals surface area contributed by atoms with Crippen LogP contribution in [-0.2, 0) is 9.63 Å². The van der Waals surface area contributed by atoms with Gasteiger partial charge in [0.05, 0.1) is 7.11 Å². The third-order valence-electron chi connectivity index (χ3n) is 2.45. The number of hydrogen-bond acceptors (Lipinski definition) is 4. The van der Waals surface area contributed by atoms with Crippen LogP contribution in [0.5, 0.6) is 5.75 Å². The van der Waals surface area contributed by atoms with Crippen molar-refractivity contribution in [1.29, 1.82) is 0 Å². The number of carbonyl (C=O) groups excluding carboxylic acids is 1. The maximum absolute atomic E-state index is 11.5. The van der Waals surface area contributed by atoms with Crippen LogP contribution in [0, 0.1) is 0 Å². The Kier molecular flexibility index (Phi) is 5.94. The molecule has 0 N–H and O–H groups in total. The fraction of sp³-hybridized carbons (Fsp3) is 0.357. The van der Waals surface area contributed by atoms with Gasteiger partial charge in [0.1, 0.15) is 5.75 Å². The van der Waals surface area contributed by atoms with Crippen molar-refractivity contribution in [1.82, 2.24) is 5.06 Å². The van der Waals surface area contributed by atoms with E-state index in [4.69, 9.17) is 9.57 Å². The summed E-state index contributed by atoms with van der Waals surface area (Å²) >= 11 is 0. The molecular formula is C14H19NO3. The first kappa shape index (κ1) is 14.3. The number of hydroxylamine groups is 2. The Balaban J connectivity index is 2.54. The van der Waals surface area contributed by atoms with Gasteiger partial charge in [0.2, 0.25) is 0 Å². The number of benzene rings is 1. The molecule has 0 aliphatic heterocycles. The van der Waals surface area contributed by atoms with Gasteiger partial charge in [-0.3, -0.25) is 0 Å². The molecule has 1 rings (SSSR count). The van der Waals surface area contributed by atoms with Gasteiger partial charge in [-0.05, 0) is 37.6 Å². The van der Waals surface area contributed by atoms with Gasteiger partial charge in [-0.1, -0.05) is 12.1 Å². The van der Waals surface area contributed by atoms with Gasteiger partial charge in [-0.25, -0.2) is 4.79 Å². The lowest BCUT2D eigenvalue weighted by atomic mass is 10.2. The second-order valence-corrected chi connectivity index (χ2v) is 3.63. The molecule has 4 heteroatoms. The molecule has 0 saturated heterocycles. The van der Waals surface area contributed by atoms with Gasteiger partial charge < -0.3 is 9.57 Å². The lowest BCUT2D eigenvalue weighted by Crippen LogP contribution is -2.25. The molecule has 0 aliphatic rings. The third-order valence-corrected chi connectivity index (χ3v) is 2.45. The Morgan fingerprint density at radius 1 is 1.22 bits per heavy atom. The Hall–Kier alpha value is -1.81. The standard InChI is InChI=1S/C14H19NO3/c1-4-15(5-2)18-14(16)11-8-12-6-9-13(17-3)10-7-12/h6-11H,4-5H2,1-3H3/b11-8+. The van der Waals surface area contributed by atoms with Crippen LogP contribution < -0.4 is 4.74 Å². The van der Waals surface area contributed by atoms with Crippen molar-refractivity contribution in [3.63, 3.8) is 0 Å². The van der Waals surface area contributed by atoms with E-state index >= 15 is 0 Å². The molecular weight excluding hydrogens is 230 g/mol. The molecule has 0 spiro atoms. The van der Waals surface area contributed by atoms with E-state index in [0.29, 0.717) is 13.1 Å². The molecule has 0 aliphatic carbocycles. The molecule has 0 aromatic heterocycles. The lowest BCUT2D eigenvalue weighted by Gasteiger charge is -2.15. The minimum absolute atomic E-state index is 0.366. The predicted octanol–water partition coefficient (Wildman–Crippen LogP) is 2.51. The first-order valence-corrected chi connectivity index (χ1v) is 5.98. The summed E-state index contributed by atoms with van der Waals surface area (Å²) in [5, 5.41) is 1.60. The molecule has 1 aromatic carbocycles. The van der Waals surface area contributed by atoms with Crippen LogP contribution in [0.4, 0.5) is 0 Å². The van der Waals surface area contributed by atoms with Crippen molar-refractivity contribution < 1.29 is 14.4 Å². The van der Waals surface area contributed by atoms with Crippen molar-refractivity contribution in [2.24, 2.45) is 0 Å². The van der Waals surface area contributed by atoms with Gasteiger partial charge in [-0.2, -0.15) is 0 Å². The first-order valence-electron chi connectivity index (χ1n) is 5.98. The van der Waals surface area contributed by atoms with Crippen molar-refractivity contribution in [2.75, 3.05) is 20.2 Å². The average Bonchev–Trinajstić information content (AvgIpc) is 2.43. The highest BCUT2D eigenvalue weighted by Gasteiger charge is 2.04. The van der Waals surface area contributed by atoms with E-state index in [2.05, 4.69) is 0 Å². The summed E-state index contributed by atoms with van der Waals surface area (Å²) in [4.78, 5) is 16.6. The van der Waals surface area contributed by atoms with Gasteiger partial charge in [0.25, 0.3) is 0 Å². The molecule has 0 unspecified atom stereocenters. The van der Waals surface area contributed by atoms with E-state index < -0.39 is 0 Å². The van der Waals surface area contributed by atoms with E-state index in [1.165, 1.54) is 6.08 Å². The summed E-state index contributed by atoms with van der Waals surface area (Å²) in [6.07, 6.45) is 3.13. The monoisotopic (exact) mass is 249 g/mol. The van der Waals surface area contributed by atoms with Crippen molar-refractivity contribution in [2.45, 2.75) is 13.8 Å². The largest absolute Gasteiger partial charge is 0.497 e. The molecule has 0 amide bonds. The second kappa shape index (κ2) is 7.50. The number of nitrogens with zero attached hydrogens (tertiary/aromatic N) is 1. The van der Waals surface area contributed by atoms with Crippen LogP contribution in [0.3, 0.4) is 0 Å². The number of rotatable bonds is 6. The molecule has 0 radical (unpaired) electrons. The van der Waals surface area contributed by atoms with Crippen LogP contribution in [-0.4, -0.2) is 31.2 Å². The summed E-state index contributed by atoms with van der Waals surface area (Å²) in [5.41, 5.74) is 0.923. The quantitative estimate of drug-likeness (QED) is 0.573. The first-order chi connectivity index (χ1) is 8.69. The smallest absolute Gasteiger partial charge is 0.349 e. The maximum Gasteiger partial charge on any atom is 0.349 e. The van der Waals surface area contributed by atoms with E-state index in [0.717, 1.165) is 11.3 Å². The number of hydrogen-bond donors (Lipinski definition) is 0. The van der Waals surface area contributed by atoms with Crippen molar-refractivity contribution >= 4 is 12.0 Å². The topological polar surface area (TPSA) is 38.8 Å². The lowest BCUT2D eigenvalue weighted by molar-refractivity contribution is -0.182. The predicted molar refractivity (Wildman–Crippen MR) is 71.0 cm³/mol. The zero-order valence-corrected chi connectivity index (χ0v) is 11.1. The van der Waals surface area contributed by atoms with Crippen molar-refractivity contribution in [3.8, 4) is 5.75 Å². The Morgan fingerprint density at radius 2 is 1.83 bits per heavy atom. The van der Waals surface area contributed by atoms with Crippen LogP contribution in [0.1, 0.15) is 19.4 Å². The summed E-state index contributed by atoms with van der Waals surface area (Å²) in [6, 6.07) is 7.44. The molecule has 0 heterocycles. The fourth-order valence-corrected chi connectivity index (χ4v) is 1.39. The molecule has 0 bridgehead atoms. The normalized spacial score (nSPS) is 10.9. The molecule has 18 heavy (non-hydrogen) atoms. The summed E-state index contributed by atoms with van der Waals surface area (Å²) in [6.45, 7) is 5.23. The molecule has 4 nitrogen and oxygen atoms in total. The molecule has 1 aromatic rings. The van der Waals surface area contributed by atoms with E-state index in [1.807, 2.05) is 38.1 Å². The molecule has 0 saturated carbocycles. The van der Waals surface area contributed by atoms with Gasteiger partial charge >= 0.3 is 5.97 Å². The summed E-state index contributed by atoms with van der Waals surface area (Å²) < 4.78 is 5.05. The number of methoxy groups -OCH3 is 1. The Bertz CT molecular complexity index is 394.